The molecule has 0 aromatic heterocycles. The van der Waals surface area contributed by atoms with Gasteiger partial charge in [0, 0.05) is 6.92 Å². The molecule has 9 heteroatoms. The molecule has 8 nitrogen and oxygen atoms in total. The summed E-state index contributed by atoms with van der Waals surface area (Å²) < 4.78 is 51.7. The SMILES string of the molecule is CC(=O)O[C@@H]1C[C@]2(C)[C@H]3CC[C@]4(C)[C@@H]([C@H](C)[C@@H]5O[C@H]5[C@@H](C)C(C)C)CC[C@H]4C3=CC[C@H]2[C@H](OS(=O)(=O)[O-])[C@H]1O. The quantitative estimate of drug-likeness (QED) is 0.155. The lowest BCUT2D eigenvalue weighted by molar-refractivity contribution is -0.189. The first-order chi connectivity index (χ1) is 18.1. The summed E-state index contributed by atoms with van der Waals surface area (Å²) in [5, 5.41) is 11.0. The van der Waals surface area contributed by atoms with Crippen LogP contribution in [0.25, 0.3) is 0 Å². The highest BCUT2D eigenvalue weighted by molar-refractivity contribution is 7.80. The number of aliphatic hydroxyl groups excluding tert-OH is 1. The van der Waals surface area contributed by atoms with E-state index in [9.17, 15) is 22.9 Å². The van der Waals surface area contributed by atoms with Gasteiger partial charge in [-0.2, -0.15) is 0 Å². The summed E-state index contributed by atoms with van der Waals surface area (Å²) in [4.78, 5) is 11.9. The molecular formula is C30H47O8S-. The Morgan fingerprint density at radius 2 is 1.77 bits per heavy atom. The van der Waals surface area contributed by atoms with Crippen molar-refractivity contribution in [1.29, 1.82) is 0 Å². The number of aliphatic hydroxyl groups is 1. The van der Waals surface area contributed by atoms with Crippen LogP contribution in [0.5, 0.6) is 0 Å². The lowest BCUT2D eigenvalue weighted by Gasteiger charge is -2.60. The van der Waals surface area contributed by atoms with Crippen molar-refractivity contribution in [1.82, 2.24) is 0 Å². The van der Waals surface area contributed by atoms with Crippen molar-refractivity contribution in [2.45, 2.75) is 118 Å². The fraction of sp³-hybridized carbons (Fsp3) is 0.900. The molecule has 0 radical (unpaired) electrons. The van der Waals surface area contributed by atoms with Crippen LogP contribution < -0.4 is 0 Å². The molecule has 1 saturated heterocycles. The van der Waals surface area contributed by atoms with E-state index >= 15 is 0 Å². The van der Waals surface area contributed by atoms with E-state index in [1.807, 2.05) is 0 Å². The van der Waals surface area contributed by atoms with E-state index in [4.69, 9.17) is 13.7 Å². The fourth-order valence-corrected chi connectivity index (χ4v) is 10.2. The maximum atomic E-state index is 11.9. The van der Waals surface area contributed by atoms with Gasteiger partial charge in [-0.25, -0.2) is 8.42 Å². The van der Waals surface area contributed by atoms with Gasteiger partial charge in [0.2, 0.25) is 10.4 Å². The lowest BCUT2D eigenvalue weighted by Crippen LogP contribution is -2.61. The summed E-state index contributed by atoms with van der Waals surface area (Å²) in [5.41, 5.74) is 1.13. The summed E-state index contributed by atoms with van der Waals surface area (Å²) in [6.45, 7) is 15.1. The van der Waals surface area contributed by atoms with E-state index in [1.54, 1.807) is 0 Å². The number of allylic oxidation sites excluding steroid dienone is 2. The van der Waals surface area contributed by atoms with Crippen LogP contribution in [0.15, 0.2) is 11.6 Å². The van der Waals surface area contributed by atoms with Crippen LogP contribution >= 0.6 is 0 Å². The van der Waals surface area contributed by atoms with Crippen molar-refractivity contribution in [3.8, 4) is 0 Å². The van der Waals surface area contributed by atoms with Crippen molar-refractivity contribution in [3.05, 3.63) is 11.6 Å². The minimum absolute atomic E-state index is 0.153. The highest BCUT2D eigenvalue weighted by atomic mass is 32.3. The Hall–Kier alpha value is -1.00. The first-order valence-corrected chi connectivity index (χ1v) is 16.3. The summed E-state index contributed by atoms with van der Waals surface area (Å²) in [7, 11) is -5.06. The maximum absolute atomic E-state index is 11.9. The third kappa shape index (κ3) is 5.02. The molecule has 5 rings (SSSR count). The van der Waals surface area contributed by atoms with Crippen LogP contribution in [0, 0.1) is 52.3 Å². The van der Waals surface area contributed by atoms with Gasteiger partial charge in [-0.15, -0.1) is 0 Å². The Bertz CT molecular complexity index is 1100. The third-order valence-corrected chi connectivity index (χ3v) is 12.5. The number of epoxide rings is 1. The summed E-state index contributed by atoms with van der Waals surface area (Å²) in [6.07, 6.45) is 4.62. The first kappa shape index (κ1) is 29.5. The second-order valence-corrected chi connectivity index (χ2v) is 15.2. The Labute approximate surface area is 234 Å². The standard InChI is InChI=1S/C30H48O8S/c1-15(2)16(3)26-27(37-26)17(4)20-10-11-21-19-8-9-23-28(38-39(33,34)35)25(32)24(36-18(5)31)14-30(23,7)22(19)12-13-29(20,21)6/h8,15-17,20-28,32H,9-14H2,1-7H3,(H,33,34,35)/p-1/t16-,17-,20+,21-,22-,23-,24+,25-,26-,27-,28-,29+,30+/m0/s1. The summed E-state index contributed by atoms with van der Waals surface area (Å²) in [6, 6.07) is 0. The zero-order valence-electron chi connectivity index (χ0n) is 24.5. The van der Waals surface area contributed by atoms with E-state index in [0.29, 0.717) is 54.6 Å². The van der Waals surface area contributed by atoms with E-state index in [0.717, 1.165) is 19.3 Å². The highest BCUT2D eigenvalue weighted by Crippen LogP contribution is 2.68. The second kappa shape index (κ2) is 10.1. The molecule has 0 spiro atoms. The van der Waals surface area contributed by atoms with E-state index in [-0.39, 0.29) is 17.3 Å². The van der Waals surface area contributed by atoms with Crippen LogP contribution in [0.1, 0.15) is 87.0 Å². The largest absolute Gasteiger partial charge is 0.726 e. The number of ether oxygens (including phenoxy) is 2. The molecule has 13 atom stereocenters. The molecule has 3 saturated carbocycles. The second-order valence-electron chi connectivity index (χ2n) is 14.2. The van der Waals surface area contributed by atoms with Crippen molar-refractivity contribution in [2.75, 3.05) is 0 Å². The van der Waals surface area contributed by atoms with Gasteiger partial charge in [0.1, 0.15) is 18.3 Å². The highest BCUT2D eigenvalue weighted by Gasteiger charge is 2.63. The van der Waals surface area contributed by atoms with Gasteiger partial charge < -0.3 is 19.1 Å². The molecule has 0 unspecified atom stereocenters. The molecule has 1 heterocycles. The van der Waals surface area contributed by atoms with Crippen LogP contribution in [0.4, 0.5) is 0 Å². The number of hydrogen-bond donors (Lipinski definition) is 1. The summed E-state index contributed by atoms with van der Waals surface area (Å²) in [5.74, 6) is 1.90. The smallest absolute Gasteiger partial charge is 0.302 e. The molecular weight excluding hydrogens is 520 g/mol. The van der Waals surface area contributed by atoms with Gasteiger partial charge in [-0.05, 0) is 90.8 Å². The number of esters is 1. The predicted octanol–water partition coefficient (Wildman–Crippen LogP) is 4.62. The Morgan fingerprint density at radius 3 is 2.38 bits per heavy atom. The number of rotatable bonds is 7. The average molecular weight is 568 g/mol. The lowest BCUT2D eigenvalue weighted by atomic mass is 9.47. The van der Waals surface area contributed by atoms with Gasteiger partial charge >= 0.3 is 5.97 Å². The van der Waals surface area contributed by atoms with Crippen molar-refractivity contribution in [2.24, 2.45) is 52.3 Å². The van der Waals surface area contributed by atoms with Gasteiger partial charge in [0.05, 0.1) is 12.2 Å². The first-order valence-electron chi connectivity index (χ1n) is 14.9. The molecule has 0 aromatic rings. The van der Waals surface area contributed by atoms with E-state index in [1.165, 1.54) is 18.9 Å². The molecule has 4 fully saturated rings. The Kier molecular flexibility index (Phi) is 7.62. The van der Waals surface area contributed by atoms with Gasteiger partial charge in [-0.1, -0.05) is 53.2 Å². The van der Waals surface area contributed by atoms with Crippen LogP contribution in [-0.4, -0.2) is 54.6 Å². The molecule has 4 aliphatic carbocycles. The predicted molar refractivity (Wildman–Crippen MR) is 144 cm³/mol. The maximum Gasteiger partial charge on any atom is 0.302 e. The minimum Gasteiger partial charge on any atom is -0.726 e. The number of carbonyl (C=O) groups excluding carboxylic acids is 1. The van der Waals surface area contributed by atoms with Crippen LogP contribution in [0.3, 0.4) is 0 Å². The van der Waals surface area contributed by atoms with Crippen molar-refractivity contribution < 1.29 is 36.5 Å². The van der Waals surface area contributed by atoms with Gasteiger partial charge in [0.15, 0.2) is 0 Å². The van der Waals surface area contributed by atoms with Crippen molar-refractivity contribution in [3.63, 3.8) is 0 Å². The molecule has 222 valence electrons. The summed E-state index contributed by atoms with van der Waals surface area (Å²) >= 11 is 0. The monoisotopic (exact) mass is 567 g/mol. The molecule has 1 N–H and O–H groups in total. The Balaban J connectivity index is 1.41. The van der Waals surface area contributed by atoms with E-state index < -0.39 is 40.1 Å². The van der Waals surface area contributed by atoms with Gasteiger partial charge in [0.25, 0.3) is 0 Å². The topological polar surface area (TPSA) is 125 Å². The zero-order chi connectivity index (χ0) is 28.7. The Morgan fingerprint density at radius 1 is 1.10 bits per heavy atom. The number of carbonyl (C=O) groups is 1. The molecule has 0 bridgehead atoms. The fourth-order valence-electron chi connectivity index (χ4n) is 9.67. The zero-order valence-corrected chi connectivity index (χ0v) is 25.3. The van der Waals surface area contributed by atoms with Gasteiger partial charge in [-0.3, -0.25) is 8.98 Å². The van der Waals surface area contributed by atoms with Crippen LogP contribution in [0.2, 0.25) is 0 Å². The average Bonchev–Trinajstić information content (AvgIpc) is 3.54. The third-order valence-electron chi connectivity index (χ3n) is 12.0. The van der Waals surface area contributed by atoms with Crippen molar-refractivity contribution >= 4 is 16.4 Å². The number of hydrogen-bond acceptors (Lipinski definition) is 8. The minimum atomic E-state index is -5.06. The normalized spacial score (nSPS) is 46.9. The number of fused-ring (bicyclic) bond motifs is 5. The molecule has 1 aliphatic heterocycles. The molecule has 5 aliphatic rings. The molecule has 0 amide bonds. The van der Waals surface area contributed by atoms with Crippen LogP contribution in [-0.2, 0) is 28.9 Å². The molecule has 0 aromatic carbocycles. The molecule has 39 heavy (non-hydrogen) atoms. The van der Waals surface area contributed by atoms with E-state index in [2.05, 4.69) is 47.6 Å².